The molecule has 0 aliphatic carbocycles. The van der Waals surface area contributed by atoms with E-state index in [0.29, 0.717) is 19.1 Å². The average molecular weight is 210 g/mol. The highest BCUT2D eigenvalue weighted by molar-refractivity contribution is 5.07. The summed E-state index contributed by atoms with van der Waals surface area (Å²) < 4.78 is 7.62. The fraction of sp³-hybridized carbons (Fsp3) is 0.727. The van der Waals surface area contributed by atoms with E-state index in [2.05, 4.69) is 18.9 Å². The molecule has 0 amide bonds. The number of hydrogen-bond acceptors (Lipinski definition) is 3. The highest BCUT2D eigenvalue weighted by Crippen LogP contribution is 2.29. The van der Waals surface area contributed by atoms with Gasteiger partial charge >= 0.3 is 0 Å². The van der Waals surface area contributed by atoms with Gasteiger partial charge in [-0.25, -0.2) is 0 Å². The minimum absolute atomic E-state index is 0.00125. The van der Waals surface area contributed by atoms with Gasteiger partial charge in [0.2, 0.25) is 0 Å². The zero-order valence-corrected chi connectivity index (χ0v) is 9.26. The van der Waals surface area contributed by atoms with Crippen LogP contribution in [0.2, 0.25) is 0 Å². The molecule has 2 heterocycles. The monoisotopic (exact) mass is 210 g/mol. The lowest BCUT2D eigenvalue weighted by atomic mass is 10.0. The van der Waals surface area contributed by atoms with Crippen LogP contribution in [0.1, 0.15) is 44.5 Å². The van der Waals surface area contributed by atoms with Crippen LogP contribution < -0.4 is 0 Å². The Labute approximate surface area is 89.9 Å². The topological polar surface area (TPSA) is 47.3 Å². The highest BCUT2D eigenvalue weighted by atomic mass is 16.5. The molecular weight excluding hydrogens is 192 g/mol. The molecule has 1 fully saturated rings. The summed E-state index contributed by atoms with van der Waals surface area (Å²) in [5.41, 5.74) is 1.07. The average Bonchev–Trinajstić information content (AvgIpc) is 2.65. The van der Waals surface area contributed by atoms with Crippen molar-refractivity contribution in [3.63, 3.8) is 0 Å². The second kappa shape index (κ2) is 4.33. The van der Waals surface area contributed by atoms with Gasteiger partial charge in [0.25, 0.3) is 0 Å². The molecule has 2 rings (SSSR count). The van der Waals surface area contributed by atoms with E-state index in [1.165, 1.54) is 0 Å². The van der Waals surface area contributed by atoms with E-state index in [4.69, 9.17) is 4.74 Å². The summed E-state index contributed by atoms with van der Waals surface area (Å²) in [4.78, 5) is 0. The Morgan fingerprint density at radius 2 is 2.40 bits per heavy atom. The van der Waals surface area contributed by atoms with Crippen LogP contribution in [-0.2, 0) is 4.74 Å². The molecule has 1 saturated heterocycles. The molecule has 2 unspecified atom stereocenters. The molecular formula is C11H18N2O2. The summed E-state index contributed by atoms with van der Waals surface area (Å²) in [7, 11) is 0. The molecule has 1 aliphatic rings. The Morgan fingerprint density at radius 1 is 1.60 bits per heavy atom. The summed E-state index contributed by atoms with van der Waals surface area (Å²) in [5.74, 6) is 0. The second-order valence-corrected chi connectivity index (χ2v) is 4.33. The van der Waals surface area contributed by atoms with Crippen molar-refractivity contribution in [1.29, 1.82) is 0 Å². The van der Waals surface area contributed by atoms with Crippen molar-refractivity contribution in [2.75, 3.05) is 6.61 Å². The smallest absolute Gasteiger partial charge is 0.102 e. The van der Waals surface area contributed by atoms with Crippen LogP contribution >= 0.6 is 0 Å². The fourth-order valence-corrected chi connectivity index (χ4v) is 2.00. The number of aliphatic hydroxyl groups excluding tert-OH is 1. The molecule has 1 aliphatic heterocycles. The predicted molar refractivity (Wildman–Crippen MR) is 56.5 cm³/mol. The summed E-state index contributed by atoms with van der Waals surface area (Å²) in [6.45, 7) is 4.82. The maximum Gasteiger partial charge on any atom is 0.102 e. The molecule has 0 bridgehead atoms. The van der Waals surface area contributed by atoms with Crippen LogP contribution in [0.15, 0.2) is 12.3 Å². The molecule has 0 radical (unpaired) electrons. The molecule has 1 N–H and O–H groups in total. The van der Waals surface area contributed by atoms with Crippen molar-refractivity contribution in [3.05, 3.63) is 18.0 Å². The Bertz CT molecular complexity index is 322. The maximum atomic E-state index is 9.60. The molecule has 0 saturated carbocycles. The fourth-order valence-electron chi connectivity index (χ4n) is 2.00. The lowest BCUT2D eigenvalue weighted by molar-refractivity contribution is -0.0488. The third-order valence-electron chi connectivity index (χ3n) is 2.78. The second-order valence-electron chi connectivity index (χ2n) is 4.33. The largest absolute Gasteiger partial charge is 0.393 e. The Hall–Kier alpha value is -0.870. The van der Waals surface area contributed by atoms with Crippen LogP contribution in [0.5, 0.6) is 0 Å². The number of aliphatic hydroxyl groups is 1. The molecule has 4 nitrogen and oxygen atoms in total. The van der Waals surface area contributed by atoms with Crippen molar-refractivity contribution in [2.45, 2.75) is 44.9 Å². The van der Waals surface area contributed by atoms with E-state index < -0.39 is 0 Å². The van der Waals surface area contributed by atoms with Crippen LogP contribution in [0.4, 0.5) is 0 Å². The van der Waals surface area contributed by atoms with Gasteiger partial charge < -0.3 is 9.84 Å². The van der Waals surface area contributed by atoms with Crippen LogP contribution in [0.3, 0.4) is 0 Å². The quantitative estimate of drug-likeness (QED) is 0.807. The van der Waals surface area contributed by atoms with Gasteiger partial charge in [-0.1, -0.05) is 0 Å². The molecule has 1 aromatic heterocycles. The third-order valence-corrected chi connectivity index (χ3v) is 2.78. The lowest BCUT2D eigenvalue weighted by Gasteiger charge is -2.27. The molecule has 15 heavy (non-hydrogen) atoms. The Kier molecular flexibility index (Phi) is 3.07. The van der Waals surface area contributed by atoms with Crippen molar-refractivity contribution in [3.8, 4) is 0 Å². The highest BCUT2D eigenvalue weighted by Gasteiger charge is 2.25. The van der Waals surface area contributed by atoms with Gasteiger partial charge in [0.05, 0.1) is 11.8 Å². The van der Waals surface area contributed by atoms with Crippen LogP contribution in [0, 0.1) is 0 Å². The van der Waals surface area contributed by atoms with Crippen LogP contribution in [-0.4, -0.2) is 27.6 Å². The first kappa shape index (κ1) is 10.6. The molecule has 0 spiro atoms. The standard InChI is InChI=1S/C11H18N2O2/c1-8(2)13-10(3-5-12-13)11-7-9(14)4-6-15-11/h3,5,8-9,11,14H,4,6-7H2,1-2H3. The summed E-state index contributed by atoms with van der Waals surface area (Å²) in [6.07, 6.45) is 2.97. The van der Waals surface area contributed by atoms with Crippen molar-refractivity contribution in [2.24, 2.45) is 0 Å². The zero-order chi connectivity index (χ0) is 10.8. The molecule has 4 heteroatoms. The minimum atomic E-state index is -0.237. The van der Waals surface area contributed by atoms with E-state index in [1.807, 2.05) is 10.7 Å². The first-order valence-corrected chi connectivity index (χ1v) is 5.51. The SMILES string of the molecule is CC(C)n1nccc1C1CC(O)CCO1. The summed E-state index contributed by atoms with van der Waals surface area (Å²) in [6, 6.07) is 2.31. The van der Waals surface area contributed by atoms with Crippen LogP contribution in [0.25, 0.3) is 0 Å². The summed E-state index contributed by atoms with van der Waals surface area (Å²) >= 11 is 0. The maximum absolute atomic E-state index is 9.60. The van der Waals surface area contributed by atoms with E-state index in [9.17, 15) is 5.11 Å². The normalized spacial score (nSPS) is 27.2. The van der Waals surface area contributed by atoms with Gasteiger partial charge in [0.1, 0.15) is 6.10 Å². The molecule has 0 aromatic carbocycles. The van der Waals surface area contributed by atoms with Crippen molar-refractivity contribution < 1.29 is 9.84 Å². The van der Waals surface area contributed by atoms with Gasteiger partial charge in [0.15, 0.2) is 0 Å². The minimum Gasteiger partial charge on any atom is -0.393 e. The van der Waals surface area contributed by atoms with Crippen molar-refractivity contribution >= 4 is 0 Å². The number of nitrogens with zero attached hydrogens (tertiary/aromatic N) is 2. The van der Waals surface area contributed by atoms with Gasteiger partial charge in [-0.05, 0) is 26.3 Å². The first-order chi connectivity index (χ1) is 7.18. The van der Waals surface area contributed by atoms with E-state index in [1.54, 1.807) is 6.20 Å². The predicted octanol–water partition coefficient (Wildman–Crippen LogP) is 1.68. The van der Waals surface area contributed by atoms with E-state index >= 15 is 0 Å². The van der Waals surface area contributed by atoms with E-state index in [0.717, 1.165) is 12.1 Å². The third kappa shape index (κ3) is 2.21. The Morgan fingerprint density at radius 3 is 3.07 bits per heavy atom. The van der Waals surface area contributed by atoms with Gasteiger partial charge in [-0.3, -0.25) is 4.68 Å². The summed E-state index contributed by atoms with van der Waals surface area (Å²) in [5, 5.41) is 13.9. The number of ether oxygens (including phenoxy) is 1. The molecule has 84 valence electrons. The van der Waals surface area contributed by atoms with E-state index in [-0.39, 0.29) is 12.2 Å². The zero-order valence-electron chi connectivity index (χ0n) is 9.26. The molecule has 1 aromatic rings. The van der Waals surface area contributed by atoms with Gasteiger partial charge in [0, 0.05) is 25.3 Å². The first-order valence-electron chi connectivity index (χ1n) is 5.51. The Balaban J connectivity index is 2.17. The lowest BCUT2D eigenvalue weighted by Crippen LogP contribution is -2.25. The number of aromatic nitrogens is 2. The van der Waals surface area contributed by atoms with Crippen molar-refractivity contribution in [1.82, 2.24) is 9.78 Å². The van der Waals surface area contributed by atoms with Gasteiger partial charge in [-0.15, -0.1) is 0 Å². The number of hydrogen-bond donors (Lipinski definition) is 1. The van der Waals surface area contributed by atoms with Gasteiger partial charge in [-0.2, -0.15) is 5.10 Å². The number of rotatable bonds is 2. The molecule has 2 atom stereocenters.